The van der Waals surface area contributed by atoms with Crippen LogP contribution >= 0.6 is 0 Å². The Morgan fingerprint density at radius 3 is 2.61 bits per heavy atom. The van der Waals surface area contributed by atoms with Crippen LogP contribution in [0, 0.1) is 40.4 Å². The highest BCUT2D eigenvalue weighted by molar-refractivity contribution is 5.69. The monoisotopic (exact) mass is 430 g/mol. The van der Waals surface area contributed by atoms with Crippen LogP contribution in [0.1, 0.15) is 92.4 Å². The van der Waals surface area contributed by atoms with E-state index in [1.807, 2.05) is 6.92 Å². The van der Waals surface area contributed by atoms with Crippen molar-refractivity contribution in [2.24, 2.45) is 40.4 Å². The van der Waals surface area contributed by atoms with Gasteiger partial charge in [0.05, 0.1) is 6.61 Å². The van der Waals surface area contributed by atoms with E-state index in [-0.39, 0.29) is 23.5 Å². The van der Waals surface area contributed by atoms with Gasteiger partial charge in [0.1, 0.15) is 6.10 Å². The molecule has 0 spiro atoms. The van der Waals surface area contributed by atoms with Crippen LogP contribution in [0.25, 0.3) is 0 Å². The molecule has 0 radical (unpaired) electrons. The third-order valence-electron chi connectivity index (χ3n) is 9.95. The lowest BCUT2D eigenvalue weighted by Crippen LogP contribution is -2.51. The van der Waals surface area contributed by atoms with Crippen molar-refractivity contribution in [1.29, 1.82) is 0 Å². The zero-order chi connectivity index (χ0) is 22.4. The lowest BCUT2D eigenvalue weighted by Gasteiger charge is -2.58. The fraction of sp³-hybridized carbons (Fsp3) is 0.852. The molecule has 174 valence electrons. The lowest BCUT2D eigenvalue weighted by molar-refractivity contribution is -0.149. The van der Waals surface area contributed by atoms with Gasteiger partial charge >= 0.3 is 11.9 Å². The Labute approximate surface area is 188 Å². The number of ether oxygens (including phenoxy) is 2. The van der Waals surface area contributed by atoms with Crippen LogP contribution < -0.4 is 0 Å². The summed E-state index contributed by atoms with van der Waals surface area (Å²) in [6.07, 6.45) is 12.6. The Morgan fingerprint density at radius 1 is 1.13 bits per heavy atom. The summed E-state index contributed by atoms with van der Waals surface area (Å²) in [7, 11) is 0. The molecule has 0 aliphatic heterocycles. The van der Waals surface area contributed by atoms with Gasteiger partial charge in [-0.3, -0.25) is 9.59 Å². The highest BCUT2D eigenvalue weighted by Crippen LogP contribution is 2.67. The van der Waals surface area contributed by atoms with E-state index in [9.17, 15) is 9.59 Å². The maximum absolute atomic E-state index is 12.1. The van der Waals surface area contributed by atoms with Gasteiger partial charge in [0.15, 0.2) is 0 Å². The first-order chi connectivity index (χ1) is 14.7. The summed E-state index contributed by atoms with van der Waals surface area (Å²) in [4.78, 5) is 23.6. The predicted molar refractivity (Wildman–Crippen MR) is 121 cm³/mol. The van der Waals surface area contributed by atoms with E-state index < -0.39 is 0 Å². The Balaban J connectivity index is 1.50. The first kappa shape index (κ1) is 22.9. The predicted octanol–water partition coefficient (Wildman–Crippen LogP) is 6.09. The summed E-state index contributed by atoms with van der Waals surface area (Å²) in [5.41, 5.74) is 2.18. The third kappa shape index (κ3) is 3.97. The zero-order valence-corrected chi connectivity index (χ0v) is 20.2. The molecule has 0 aromatic carbocycles. The van der Waals surface area contributed by atoms with Gasteiger partial charge in [-0.1, -0.05) is 32.4 Å². The van der Waals surface area contributed by atoms with E-state index in [0.29, 0.717) is 30.3 Å². The summed E-state index contributed by atoms with van der Waals surface area (Å²) in [5.74, 6) is 3.13. The minimum Gasteiger partial charge on any atom is -0.466 e. The molecule has 4 aliphatic carbocycles. The molecule has 3 fully saturated rings. The van der Waals surface area contributed by atoms with Crippen molar-refractivity contribution < 1.29 is 19.1 Å². The SMILES string of the molecule is CCOC(=O)C[C@@H](C)[C@H]1CC[C@H]2[C@H]3CC=C4C[C@@H](OC(C)=O)CC[C@]4(C)[C@@H]3CC[C@]12C. The molecule has 8 atom stereocenters. The average Bonchev–Trinajstić information content (AvgIpc) is 3.05. The Bertz CT molecular complexity index is 742. The molecule has 0 aromatic rings. The Hall–Kier alpha value is -1.32. The van der Waals surface area contributed by atoms with Crippen molar-refractivity contribution in [3.05, 3.63) is 11.6 Å². The molecule has 4 aliphatic rings. The van der Waals surface area contributed by atoms with Gasteiger partial charge < -0.3 is 9.47 Å². The van der Waals surface area contributed by atoms with E-state index in [4.69, 9.17) is 9.47 Å². The minimum absolute atomic E-state index is 0.0296. The average molecular weight is 431 g/mol. The maximum Gasteiger partial charge on any atom is 0.306 e. The number of hydrogen-bond acceptors (Lipinski definition) is 4. The van der Waals surface area contributed by atoms with E-state index in [1.165, 1.54) is 39.0 Å². The second kappa shape index (κ2) is 8.56. The van der Waals surface area contributed by atoms with Gasteiger partial charge in [-0.25, -0.2) is 0 Å². The van der Waals surface area contributed by atoms with Crippen LogP contribution in [0.15, 0.2) is 11.6 Å². The molecule has 31 heavy (non-hydrogen) atoms. The van der Waals surface area contributed by atoms with Crippen molar-refractivity contribution in [2.75, 3.05) is 6.61 Å². The molecule has 0 heterocycles. The molecular weight excluding hydrogens is 388 g/mol. The summed E-state index contributed by atoms with van der Waals surface area (Å²) in [6, 6.07) is 0. The molecular formula is C27H42O4. The quantitative estimate of drug-likeness (QED) is 0.391. The van der Waals surface area contributed by atoms with Crippen LogP contribution in [0.3, 0.4) is 0 Å². The molecule has 0 bridgehead atoms. The summed E-state index contributed by atoms with van der Waals surface area (Å²) in [5, 5.41) is 0. The largest absolute Gasteiger partial charge is 0.466 e. The molecule has 0 aromatic heterocycles. The van der Waals surface area contributed by atoms with Gasteiger partial charge in [-0.15, -0.1) is 0 Å². The van der Waals surface area contributed by atoms with Gasteiger partial charge in [-0.05, 0) is 92.3 Å². The smallest absolute Gasteiger partial charge is 0.306 e. The number of esters is 2. The lowest BCUT2D eigenvalue weighted by atomic mass is 9.47. The summed E-state index contributed by atoms with van der Waals surface area (Å²) < 4.78 is 10.8. The second-order valence-electron chi connectivity index (χ2n) is 11.4. The second-order valence-corrected chi connectivity index (χ2v) is 11.4. The molecule has 0 unspecified atom stereocenters. The van der Waals surface area contributed by atoms with Crippen LogP contribution in [0.2, 0.25) is 0 Å². The van der Waals surface area contributed by atoms with E-state index >= 15 is 0 Å². The molecule has 0 amide bonds. The normalized spacial score (nSPS) is 42.5. The van der Waals surface area contributed by atoms with Crippen LogP contribution in [0.4, 0.5) is 0 Å². The highest BCUT2D eigenvalue weighted by atomic mass is 16.5. The molecule has 4 heteroatoms. The van der Waals surface area contributed by atoms with Crippen LogP contribution in [-0.4, -0.2) is 24.6 Å². The van der Waals surface area contributed by atoms with E-state index in [0.717, 1.165) is 37.0 Å². The van der Waals surface area contributed by atoms with Crippen molar-refractivity contribution in [3.63, 3.8) is 0 Å². The van der Waals surface area contributed by atoms with Crippen LogP contribution in [-0.2, 0) is 19.1 Å². The van der Waals surface area contributed by atoms with Gasteiger partial charge in [0.25, 0.3) is 0 Å². The standard InChI is InChI=1S/C27H42O4/c1-6-30-25(29)15-17(2)22-9-10-23-21-8-7-19-16-20(31-18(3)28)11-13-26(19,4)24(21)12-14-27(22,23)5/h7,17,20-24H,6,8-16H2,1-5H3/t17-,20+,21-,22-,23+,24-,26+,27-/m1/s1. The van der Waals surface area contributed by atoms with Crippen molar-refractivity contribution >= 4 is 11.9 Å². The van der Waals surface area contributed by atoms with Crippen molar-refractivity contribution in [2.45, 2.75) is 98.5 Å². The Morgan fingerprint density at radius 2 is 1.90 bits per heavy atom. The third-order valence-corrected chi connectivity index (χ3v) is 9.95. The number of carbonyl (C=O) groups excluding carboxylic acids is 2. The van der Waals surface area contributed by atoms with Crippen molar-refractivity contribution in [3.8, 4) is 0 Å². The molecule has 4 nitrogen and oxygen atoms in total. The number of allylic oxidation sites excluding steroid dienone is 1. The first-order valence-electron chi connectivity index (χ1n) is 12.7. The van der Waals surface area contributed by atoms with E-state index in [1.54, 1.807) is 5.57 Å². The number of fused-ring (bicyclic) bond motifs is 5. The topological polar surface area (TPSA) is 52.6 Å². The first-order valence-corrected chi connectivity index (χ1v) is 12.7. The molecule has 4 rings (SSSR count). The number of hydrogen-bond donors (Lipinski definition) is 0. The van der Waals surface area contributed by atoms with E-state index in [2.05, 4.69) is 26.8 Å². The van der Waals surface area contributed by atoms with Crippen molar-refractivity contribution in [1.82, 2.24) is 0 Å². The number of carbonyl (C=O) groups is 2. The fourth-order valence-corrected chi connectivity index (χ4v) is 8.56. The Kier molecular flexibility index (Phi) is 6.31. The zero-order valence-electron chi connectivity index (χ0n) is 20.2. The fourth-order valence-electron chi connectivity index (χ4n) is 8.56. The highest BCUT2D eigenvalue weighted by Gasteiger charge is 2.59. The summed E-state index contributed by atoms with van der Waals surface area (Å²) in [6.45, 7) is 11.2. The number of rotatable bonds is 5. The van der Waals surface area contributed by atoms with Crippen LogP contribution in [0.5, 0.6) is 0 Å². The molecule has 0 N–H and O–H groups in total. The molecule has 3 saturated carbocycles. The van der Waals surface area contributed by atoms with Gasteiger partial charge in [-0.2, -0.15) is 0 Å². The minimum atomic E-state index is -0.148. The van der Waals surface area contributed by atoms with Gasteiger partial charge in [0.2, 0.25) is 0 Å². The molecule has 0 saturated heterocycles. The van der Waals surface area contributed by atoms with Gasteiger partial charge in [0, 0.05) is 19.8 Å². The summed E-state index contributed by atoms with van der Waals surface area (Å²) >= 11 is 0. The maximum atomic E-state index is 12.1.